The summed E-state index contributed by atoms with van der Waals surface area (Å²) < 4.78 is 5.54. The molecule has 0 bridgehead atoms. The van der Waals surface area contributed by atoms with E-state index in [9.17, 15) is 4.79 Å². The lowest BCUT2D eigenvalue weighted by Crippen LogP contribution is -2.12. The first-order chi connectivity index (χ1) is 11.7. The minimum Gasteiger partial charge on any atom is -0.494 e. The molecule has 4 heteroatoms. The highest BCUT2D eigenvalue weighted by atomic mass is 16.5. The summed E-state index contributed by atoms with van der Waals surface area (Å²) in [7, 11) is 0. The second-order valence-electron chi connectivity index (χ2n) is 5.65. The minimum atomic E-state index is -0.148. The number of amides is 1. The van der Waals surface area contributed by atoms with Gasteiger partial charge in [-0.3, -0.25) is 9.78 Å². The summed E-state index contributed by atoms with van der Waals surface area (Å²) in [6, 6.07) is 16.8. The number of hydrogen-bond acceptors (Lipinski definition) is 3. The number of benzene rings is 2. The van der Waals surface area contributed by atoms with Gasteiger partial charge in [-0.2, -0.15) is 0 Å². The van der Waals surface area contributed by atoms with E-state index in [2.05, 4.69) is 17.2 Å². The van der Waals surface area contributed by atoms with E-state index < -0.39 is 0 Å². The Morgan fingerprint density at radius 3 is 2.62 bits per heavy atom. The number of aromatic nitrogens is 1. The first-order valence-corrected chi connectivity index (χ1v) is 8.08. The summed E-state index contributed by atoms with van der Waals surface area (Å²) in [4.78, 5) is 17.0. The lowest BCUT2D eigenvalue weighted by atomic mass is 10.1. The molecule has 3 rings (SSSR count). The third-order valence-electron chi connectivity index (χ3n) is 3.71. The van der Waals surface area contributed by atoms with Crippen molar-refractivity contribution in [1.29, 1.82) is 0 Å². The van der Waals surface area contributed by atoms with Crippen LogP contribution in [0.25, 0.3) is 10.9 Å². The number of nitrogens with one attached hydrogen (secondary N) is 1. The first kappa shape index (κ1) is 16.0. The standard InChI is InChI=1S/C20H20N2O2/c1-3-13-24-16-10-8-15(9-11-16)20(23)22-19-6-4-5-18-17(19)12-7-14(2)21-18/h4-12H,3,13H2,1-2H3,(H,22,23). The number of pyridine rings is 1. The number of aryl methyl sites for hydroxylation is 1. The summed E-state index contributed by atoms with van der Waals surface area (Å²) in [5.74, 6) is 0.628. The molecule has 1 amide bonds. The molecule has 0 aliphatic rings. The number of rotatable bonds is 5. The zero-order valence-electron chi connectivity index (χ0n) is 13.9. The monoisotopic (exact) mass is 320 g/mol. The zero-order valence-corrected chi connectivity index (χ0v) is 13.9. The van der Waals surface area contributed by atoms with E-state index >= 15 is 0 Å². The van der Waals surface area contributed by atoms with Crippen molar-refractivity contribution < 1.29 is 9.53 Å². The van der Waals surface area contributed by atoms with Crippen molar-refractivity contribution in [2.45, 2.75) is 20.3 Å². The Balaban J connectivity index is 1.79. The molecule has 0 saturated heterocycles. The molecule has 0 unspecified atom stereocenters. The van der Waals surface area contributed by atoms with Gasteiger partial charge in [0.25, 0.3) is 5.91 Å². The Morgan fingerprint density at radius 2 is 1.88 bits per heavy atom. The number of carbonyl (C=O) groups is 1. The average molecular weight is 320 g/mol. The van der Waals surface area contributed by atoms with Crippen LogP contribution in [-0.2, 0) is 0 Å². The zero-order chi connectivity index (χ0) is 16.9. The van der Waals surface area contributed by atoms with Crippen LogP contribution in [-0.4, -0.2) is 17.5 Å². The van der Waals surface area contributed by atoms with Crippen LogP contribution in [0.1, 0.15) is 29.4 Å². The van der Waals surface area contributed by atoms with Gasteiger partial charge in [-0.05, 0) is 61.9 Å². The van der Waals surface area contributed by atoms with Crippen molar-refractivity contribution in [3.05, 3.63) is 65.9 Å². The third-order valence-corrected chi connectivity index (χ3v) is 3.71. The molecule has 0 aliphatic heterocycles. The summed E-state index contributed by atoms with van der Waals surface area (Å²) in [5.41, 5.74) is 3.18. The molecule has 1 heterocycles. The Morgan fingerprint density at radius 1 is 1.08 bits per heavy atom. The predicted molar refractivity (Wildman–Crippen MR) is 96.7 cm³/mol. The van der Waals surface area contributed by atoms with E-state index in [1.807, 2.05) is 49.4 Å². The van der Waals surface area contributed by atoms with Gasteiger partial charge >= 0.3 is 0 Å². The van der Waals surface area contributed by atoms with Gasteiger partial charge in [0.1, 0.15) is 5.75 Å². The maximum atomic E-state index is 12.5. The highest BCUT2D eigenvalue weighted by molar-refractivity contribution is 6.08. The number of anilines is 1. The van der Waals surface area contributed by atoms with Crippen LogP contribution in [0.3, 0.4) is 0 Å². The fraction of sp³-hybridized carbons (Fsp3) is 0.200. The number of hydrogen-bond donors (Lipinski definition) is 1. The number of carbonyl (C=O) groups excluding carboxylic acids is 1. The predicted octanol–water partition coefficient (Wildman–Crippen LogP) is 4.58. The Hall–Kier alpha value is -2.88. The van der Waals surface area contributed by atoms with E-state index in [1.54, 1.807) is 12.1 Å². The second kappa shape index (κ2) is 7.13. The van der Waals surface area contributed by atoms with Crippen molar-refractivity contribution in [3.63, 3.8) is 0 Å². The van der Waals surface area contributed by atoms with Crippen molar-refractivity contribution in [2.24, 2.45) is 0 Å². The Bertz CT molecular complexity index is 857. The van der Waals surface area contributed by atoms with Crippen LogP contribution in [0, 0.1) is 6.92 Å². The molecule has 122 valence electrons. The van der Waals surface area contributed by atoms with Crippen LogP contribution < -0.4 is 10.1 Å². The molecule has 0 fully saturated rings. The topological polar surface area (TPSA) is 51.2 Å². The maximum absolute atomic E-state index is 12.5. The number of fused-ring (bicyclic) bond motifs is 1. The first-order valence-electron chi connectivity index (χ1n) is 8.08. The molecule has 4 nitrogen and oxygen atoms in total. The molecule has 1 N–H and O–H groups in total. The average Bonchev–Trinajstić information content (AvgIpc) is 2.60. The van der Waals surface area contributed by atoms with Crippen molar-refractivity contribution in [1.82, 2.24) is 4.98 Å². The fourth-order valence-corrected chi connectivity index (χ4v) is 2.48. The molecule has 0 spiro atoms. The van der Waals surface area contributed by atoms with E-state index in [0.717, 1.165) is 34.5 Å². The van der Waals surface area contributed by atoms with Crippen LogP contribution in [0.4, 0.5) is 5.69 Å². The highest BCUT2D eigenvalue weighted by Crippen LogP contribution is 2.23. The Labute approximate surface area is 141 Å². The number of ether oxygens (including phenoxy) is 1. The normalized spacial score (nSPS) is 10.6. The molecular weight excluding hydrogens is 300 g/mol. The second-order valence-corrected chi connectivity index (χ2v) is 5.65. The third kappa shape index (κ3) is 3.54. The van der Waals surface area contributed by atoms with Crippen molar-refractivity contribution in [2.75, 3.05) is 11.9 Å². The summed E-state index contributed by atoms with van der Waals surface area (Å²) in [5, 5.41) is 3.89. The minimum absolute atomic E-state index is 0.148. The van der Waals surface area contributed by atoms with Gasteiger partial charge in [0.2, 0.25) is 0 Å². The van der Waals surface area contributed by atoms with Crippen LogP contribution in [0.2, 0.25) is 0 Å². The SMILES string of the molecule is CCCOc1ccc(C(=O)Nc2cccc3nc(C)ccc23)cc1. The molecular formula is C20H20N2O2. The molecule has 1 aromatic heterocycles. The lowest BCUT2D eigenvalue weighted by molar-refractivity contribution is 0.102. The molecule has 0 atom stereocenters. The molecule has 24 heavy (non-hydrogen) atoms. The summed E-state index contributed by atoms with van der Waals surface area (Å²) in [6.07, 6.45) is 0.955. The lowest BCUT2D eigenvalue weighted by Gasteiger charge is -2.10. The fourth-order valence-electron chi connectivity index (χ4n) is 2.48. The maximum Gasteiger partial charge on any atom is 0.255 e. The molecule has 0 radical (unpaired) electrons. The van der Waals surface area contributed by atoms with Crippen LogP contribution in [0.15, 0.2) is 54.6 Å². The highest BCUT2D eigenvalue weighted by Gasteiger charge is 2.09. The van der Waals surface area contributed by atoms with E-state index in [1.165, 1.54) is 0 Å². The quantitative estimate of drug-likeness (QED) is 0.748. The molecule has 0 aliphatic carbocycles. The molecule has 0 saturated carbocycles. The van der Waals surface area contributed by atoms with Gasteiger partial charge in [0.05, 0.1) is 17.8 Å². The molecule has 3 aromatic rings. The van der Waals surface area contributed by atoms with E-state index in [4.69, 9.17) is 4.74 Å². The molecule has 2 aromatic carbocycles. The van der Waals surface area contributed by atoms with Crippen molar-refractivity contribution >= 4 is 22.5 Å². The van der Waals surface area contributed by atoms with Crippen molar-refractivity contribution in [3.8, 4) is 5.75 Å². The van der Waals surface area contributed by atoms with Gasteiger partial charge in [-0.1, -0.05) is 13.0 Å². The largest absolute Gasteiger partial charge is 0.494 e. The smallest absolute Gasteiger partial charge is 0.255 e. The van der Waals surface area contributed by atoms with Crippen LogP contribution >= 0.6 is 0 Å². The van der Waals surface area contributed by atoms with Gasteiger partial charge < -0.3 is 10.1 Å². The summed E-state index contributed by atoms with van der Waals surface area (Å²) >= 11 is 0. The van der Waals surface area contributed by atoms with Gasteiger partial charge in [-0.25, -0.2) is 0 Å². The Kier molecular flexibility index (Phi) is 4.75. The number of nitrogens with zero attached hydrogens (tertiary/aromatic N) is 1. The van der Waals surface area contributed by atoms with E-state index in [-0.39, 0.29) is 5.91 Å². The van der Waals surface area contributed by atoms with Crippen LogP contribution in [0.5, 0.6) is 5.75 Å². The van der Waals surface area contributed by atoms with Gasteiger partial charge in [0, 0.05) is 16.6 Å². The van der Waals surface area contributed by atoms with Gasteiger partial charge in [0.15, 0.2) is 0 Å². The summed E-state index contributed by atoms with van der Waals surface area (Å²) in [6.45, 7) is 4.68. The van der Waals surface area contributed by atoms with Gasteiger partial charge in [-0.15, -0.1) is 0 Å². The van der Waals surface area contributed by atoms with E-state index in [0.29, 0.717) is 12.2 Å².